The summed E-state index contributed by atoms with van der Waals surface area (Å²) in [5.74, 6) is 0.152. The lowest BCUT2D eigenvalue weighted by Gasteiger charge is -2.61. The summed E-state index contributed by atoms with van der Waals surface area (Å²) >= 11 is 0. The van der Waals surface area contributed by atoms with Gasteiger partial charge in [0.2, 0.25) is 6.10 Å². The summed E-state index contributed by atoms with van der Waals surface area (Å²) in [6.45, 7) is 14.7. The molecular formula is C30H46N2O5. The molecule has 0 spiro atoms. The zero-order valence-corrected chi connectivity index (χ0v) is 23.4. The van der Waals surface area contributed by atoms with Crippen LogP contribution in [-0.4, -0.2) is 65.9 Å². The van der Waals surface area contributed by atoms with Crippen LogP contribution in [0, 0.1) is 39.9 Å². The number of nitrogens with zero attached hydrogens (tertiary/aromatic N) is 2. The number of hydrogen-bond acceptors (Lipinski definition) is 7. The average Bonchev–Trinajstić information content (AvgIpc) is 3.51. The van der Waals surface area contributed by atoms with Crippen molar-refractivity contribution >= 4 is 17.5 Å². The quantitative estimate of drug-likeness (QED) is 0.443. The van der Waals surface area contributed by atoms with E-state index in [0.717, 1.165) is 50.9 Å². The molecule has 0 aromatic carbocycles. The second kappa shape index (κ2) is 9.48. The van der Waals surface area contributed by atoms with Gasteiger partial charge in [-0.15, -0.1) is 6.58 Å². The van der Waals surface area contributed by atoms with Crippen LogP contribution >= 0.6 is 0 Å². The van der Waals surface area contributed by atoms with Crippen LogP contribution in [-0.2, 0) is 19.2 Å². The smallest absolute Gasteiger partial charge is 0.350 e. The summed E-state index contributed by atoms with van der Waals surface area (Å²) in [5.41, 5.74) is -0.466. The molecule has 5 aliphatic rings. The van der Waals surface area contributed by atoms with Crippen LogP contribution < -0.4 is 0 Å². The first-order valence-electron chi connectivity index (χ1n) is 14.4. The monoisotopic (exact) mass is 514 g/mol. The third-order valence-electron chi connectivity index (χ3n) is 11.7. The van der Waals surface area contributed by atoms with Gasteiger partial charge in [-0.3, -0.25) is 4.79 Å². The number of carbonyl (C=O) groups excluding carboxylic acids is 2. The van der Waals surface area contributed by atoms with E-state index in [9.17, 15) is 14.7 Å². The molecule has 0 aromatic rings. The first-order chi connectivity index (χ1) is 17.5. The van der Waals surface area contributed by atoms with Gasteiger partial charge in [-0.05, 0) is 75.9 Å². The second-order valence-corrected chi connectivity index (χ2v) is 13.5. The molecule has 2 unspecified atom stereocenters. The van der Waals surface area contributed by atoms with E-state index in [2.05, 4.69) is 44.5 Å². The number of likely N-dealkylation sites (tertiary alicyclic amines) is 1. The lowest BCUT2D eigenvalue weighted by Crippen LogP contribution is -2.63. The standard InChI is InChI=1S/C30H46N2O5/c1-7-28(4)17-24(36-27(35)23-16-21(31-37-23)20-10-14-32(6)15-11-20)29(5)18(2)8-12-30(19(3)26(28)34)13-9-22(33)25(29)30/h7,18-20,23-26,34H,1,8-17H2,2-6H3/t18-,19-,23?,24+,25?,26-,28+,29+,30-/m0/s1. The number of rotatable bonds is 4. The Morgan fingerprint density at radius 3 is 2.59 bits per heavy atom. The van der Waals surface area contributed by atoms with Crippen molar-refractivity contribution in [3.63, 3.8) is 0 Å². The minimum absolute atomic E-state index is 0.0425. The third-order valence-corrected chi connectivity index (χ3v) is 11.7. The minimum atomic E-state index is -0.745. The van der Waals surface area contributed by atoms with E-state index in [1.165, 1.54) is 0 Å². The summed E-state index contributed by atoms with van der Waals surface area (Å²) in [5, 5.41) is 16.0. The molecule has 2 bridgehead atoms. The van der Waals surface area contributed by atoms with Gasteiger partial charge < -0.3 is 19.6 Å². The van der Waals surface area contributed by atoms with Crippen molar-refractivity contribution in [1.29, 1.82) is 0 Å². The number of ether oxygens (including phenoxy) is 1. The molecule has 37 heavy (non-hydrogen) atoms. The lowest BCUT2D eigenvalue weighted by molar-refractivity contribution is -0.211. The van der Waals surface area contributed by atoms with Gasteiger partial charge in [0.05, 0.1) is 11.8 Å². The maximum atomic E-state index is 13.6. The molecule has 9 atom stereocenters. The summed E-state index contributed by atoms with van der Waals surface area (Å²) in [6, 6.07) is 0. The van der Waals surface area contributed by atoms with Gasteiger partial charge >= 0.3 is 5.97 Å². The highest BCUT2D eigenvalue weighted by Gasteiger charge is 2.68. The number of ketones is 1. The maximum absolute atomic E-state index is 13.6. The first kappa shape index (κ1) is 26.9. The van der Waals surface area contributed by atoms with Crippen LogP contribution in [0.25, 0.3) is 0 Å². The van der Waals surface area contributed by atoms with Crippen molar-refractivity contribution in [2.24, 2.45) is 45.1 Å². The van der Waals surface area contributed by atoms with Crippen LogP contribution in [0.4, 0.5) is 0 Å². The van der Waals surface area contributed by atoms with Crippen molar-refractivity contribution in [3.05, 3.63) is 12.7 Å². The van der Waals surface area contributed by atoms with Crippen molar-refractivity contribution in [2.75, 3.05) is 20.1 Å². The summed E-state index contributed by atoms with van der Waals surface area (Å²) in [7, 11) is 2.13. The highest BCUT2D eigenvalue weighted by Crippen LogP contribution is 2.68. The number of aliphatic hydroxyl groups is 1. The van der Waals surface area contributed by atoms with Crippen molar-refractivity contribution in [3.8, 4) is 0 Å². The molecule has 3 saturated carbocycles. The Kier molecular flexibility index (Phi) is 6.88. The number of Topliss-reactive ketones (excluding diaryl/α,β-unsaturated/α-hetero) is 1. The Balaban J connectivity index is 1.42. The summed E-state index contributed by atoms with van der Waals surface area (Å²) < 4.78 is 6.40. The molecule has 0 radical (unpaired) electrons. The number of carbonyl (C=O) groups is 2. The van der Waals surface area contributed by atoms with Crippen molar-refractivity contribution in [2.45, 2.75) is 97.4 Å². The summed E-state index contributed by atoms with van der Waals surface area (Å²) in [4.78, 5) is 35.1. The molecule has 1 saturated heterocycles. The van der Waals surface area contributed by atoms with Gasteiger partial charge in [0.1, 0.15) is 11.9 Å². The van der Waals surface area contributed by atoms with E-state index in [1.54, 1.807) is 0 Å². The van der Waals surface area contributed by atoms with Gasteiger partial charge in [-0.25, -0.2) is 4.79 Å². The Bertz CT molecular complexity index is 973. The molecule has 4 fully saturated rings. The minimum Gasteiger partial charge on any atom is -0.459 e. The molecule has 0 aromatic heterocycles. The second-order valence-electron chi connectivity index (χ2n) is 13.5. The average molecular weight is 515 g/mol. The fourth-order valence-electron chi connectivity index (χ4n) is 8.82. The molecule has 2 heterocycles. The Labute approximate surface area is 222 Å². The van der Waals surface area contributed by atoms with Crippen LogP contribution in [0.5, 0.6) is 0 Å². The molecular weight excluding hydrogens is 468 g/mol. The number of oxime groups is 1. The van der Waals surface area contributed by atoms with Gasteiger partial charge in [0.15, 0.2) is 0 Å². The van der Waals surface area contributed by atoms with Gasteiger partial charge in [-0.1, -0.05) is 38.9 Å². The molecule has 3 aliphatic carbocycles. The van der Waals surface area contributed by atoms with Gasteiger partial charge in [0, 0.05) is 35.5 Å². The molecule has 7 nitrogen and oxygen atoms in total. The highest BCUT2D eigenvalue weighted by atomic mass is 16.7. The van der Waals surface area contributed by atoms with Crippen molar-refractivity contribution < 1.29 is 24.3 Å². The Morgan fingerprint density at radius 1 is 1.22 bits per heavy atom. The Hall–Kier alpha value is -1.73. The SMILES string of the molecule is C=C[C@]1(C)C[C@@H](OC(=O)C2CC(C3CCN(C)CC3)=NO2)[C@]2(C)C3C(=O)CC[C@@]3(CC[C@@H]2C)[C@@H](C)[C@@H]1O. The van der Waals surface area contributed by atoms with E-state index in [4.69, 9.17) is 9.57 Å². The van der Waals surface area contributed by atoms with E-state index < -0.39 is 35.1 Å². The molecule has 1 N–H and O–H groups in total. The van der Waals surface area contributed by atoms with Crippen LogP contribution in [0.3, 0.4) is 0 Å². The predicted molar refractivity (Wildman–Crippen MR) is 142 cm³/mol. The molecule has 2 aliphatic heterocycles. The maximum Gasteiger partial charge on any atom is 0.350 e. The van der Waals surface area contributed by atoms with E-state index in [0.29, 0.717) is 25.2 Å². The largest absolute Gasteiger partial charge is 0.459 e. The topological polar surface area (TPSA) is 88.4 Å². The molecule has 0 amide bonds. The number of esters is 1. The van der Waals surface area contributed by atoms with Gasteiger partial charge in [-0.2, -0.15) is 0 Å². The first-order valence-corrected chi connectivity index (χ1v) is 14.4. The van der Waals surface area contributed by atoms with Crippen LogP contribution in [0.1, 0.15) is 79.1 Å². The van der Waals surface area contributed by atoms with E-state index in [1.807, 2.05) is 13.0 Å². The lowest BCUT2D eigenvalue weighted by atomic mass is 9.44. The molecule has 7 heteroatoms. The van der Waals surface area contributed by atoms with Crippen LogP contribution in [0.15, 0.2) is 17.8 Å². The predicted octanol–water partition coefficient (Wildman–Crippen LogP) is 4.38. The number of aliphatic hydroxyl groups excluding tert-OH is 1. The van der Waals surface area contributed by atoms with E-state index >= 15 is 0 Å². The number of piperidine rings is 1. The van der Waals surface area contributed by atoms with E-state index in [-0.39, 0.29) is 29.0 Å². The summed E-state index contributed by atoms with van der Waals surface area (Å²) in [6.07, 6.45) is 6.06. The third kappa shape index (κ3) is 4.10. The highest BCUT2D eigenvalue weighted by molar-refractivity contribution is 5.92. The van der Waals surface area contributed by atoms with Crippen LogP contribution in [0.2, 0.25) is 0 Å². The zero-order valence-electron chi connectivity index (χ0n) is 23.4. The molecule has 206 valence electrons. The number of hydrogen-bond donors (Lipinski definition) is 1. The molecule has 5 rings (SSSR count). The zero-order chi connectivity index (χ0) is 26.8. The van der Waals surface area contributed by atoms with Gasteiger partial charge in [0.25, 0.3) is 0 Å². The Morgan fingerprint density at radius 2 is 1.92 bits per heavy atom. The fraction of sp³-hybridized carbons (Fsp3) is 0.833. The normalized spacial score (nSPS) is 46.9. The van der Waals surface area contributed by atoms with Crippen molar-refractivity contribution in [1.82, 2.24) is 4.90 Å². The fourth-order valence-corrected chi connectivity index (χ4v) is 8.82.